The maximum Gasteiger partial charge on any atom is 0.129 e. The second kappa shape index (κ2) is 5.33. The fraction of sp³-hybridized carbons (Fsp3) is 0.667. The summed E-state index contributed by atoms with van der Waals surface area (Å²) in [6, 6.07) is 3.60. The maximum atomic E-state index is 8.79. The molecule has 0 saturated carbocycles. The molecule has 1 rings (SSSR count). The molecule has 0 radical (unpaired) electrons. The van der Waals surface area contributed by atoms with Gasteiger partial charge in [-0.25, -0.2) is 0 Å². The van der Waals surface area contributed by atoms with Crippen LogP contribution in [-0.4, -0.2) is 11.7 Å². The van der Waals surface area contributed by atoms with Gasteiger partial charge in [0, 0.05) is 6.61 Å². The van der Waals surface area contributed by atoms with Crippen molar-refractivity contribution in [2.45, 2.75) is 40.4 Å². The Kier molecular flexibility index (Phi) is 4.36. The molecule has 1 aromatic rings. The smallest absolute Gasteiger partial charge is 0.129 e. The zero-order valence-electron chi connectivity index (χ0n) is 9.75. The first-order valence-electron chi connectivity index (χ1n) is 5.27. The highest BCUT2D eigenvalue weighted by molar-refractivity contribution is 5.05. The molecule has 3 heteroatoms. The third-order valence-electron chi connectivity index (χ3n) is 2.11. The van der Waals surface area contributed by atoms with Crippen molar-refractivity contribution in [3.8, 4) is 0 Å². The molecular formula is C12H20O3. The highest BCUT2D eigenvalue weighted by atomic mass is 16.5. The van der Waals surface area contributed by atoms with Gasteiger partial charge in [-0.1, -0.05) is 20.8 Å². The van der Waals surface area contributed by atoms with Gasteiger partial charge in [0.1, 0.15) is 24.7 Å². The van der Waals surface area contributed by atoms with Crippen molar-refractivity contribution in [3.63, 3.8) is 0 Å². The zero-order chi connectivity index (χ0) is 11.3. The van der Waals surface area contributed by atoms with Crippen LogP contribution in [0.2, 0.25) is 0 Å². The van der Waals surface area contributed by atoms with Gasteiger partial charge in [0.2, 0.25) is 0 Å². The Hall–Kier alpha value is -0.800. The molecule has 3 nitrogen and oxygen atoms in total. The molecular weight excluding hydrogens is 192 g/mol. The van der Waals surface area contributed by atoms with E-state index in [0.29, 0.717) is 17.8 Å². The van der Waals surface area contributed by atoms with Crippen molar-refractivity contribution in [1.82, 2.24) is 0 Å². The number of aliphatic hydroxyl groups excluding tert-OH is 1. The van der Waals surface area contributed by atoms with Crippen LogP contribution in [0.15, 0.2) is 16.5 Å². The summed E-state index contributed by atoms with van der Waals surface area (Å²) in [7, 11) is 0. The van der Waals surface area contributed by atoms with Gasteiger partial charge in [0.25, 0.3) is 0 Å². The minimum absolute atomic E-state index is 0.0536. The molecule has 0 atom stereocenters. The third kappa shape index (κ3) is 5.00. The first-order valence-corrected chi connectivity index (χ1v) is 5.27. The molecule has 0 fully saturated rings. The Morgan fingerprint density at radius 3 is 2.47 bits per heavy atom. The Labute approximate surface area is 91.1 Å². The second-order valence-electron chi connectivity index (χ2n) is 4.89. The molecule has 0 aromatic carbocycles. The summed E-state index contributed by atoms with van der Waals surface area (Å²) < 4.78 is 10.8. The van der Waals surface area contributed by atoms with E-state index in [1.54, 1.807) is 6.07 Å². The summed E-state index contributed by atoms with van der Waals surface area (Å²) in [6.07, 6.45) is 1.03. The molecule has 0 bridgehead atoms. The largest absolute Gasteiger partial charge is 0.461 e. The van der Waals surface area contributed by atoms with Crippen molar-refractivity contribution >= 4 is 0 Å². The molecule has 1 N–H and O–H groups in total. The summed E-state index contributed by atoms with van der Waals surface area (Å²) in [6.45, 7) is 7.73. The lowest BCUT2D eigenvalue weighted by molar-refractivity contribution is 0.0825. The molecule has 0 amide bonds. The van der Waals surface area contributed by atoms with Crippen LogP contribution >= 0.6 is 0 Å². The second-order valence-corrected chi connectivity index (χ2v) is 4.89. The Bertz CT molecular complexity index is 283. The molecule has 0 aliphatic rings. The monoisotopic (exact) mass is 212 g/mol. The van der Waals surface area contributed by atoms with Gasteiger partial charge in [0.05, 0.1) is 0 Å². The lowest BCUT2D eigenvalue weighted by atomic mass is 9.93. The quantitative estimate of drug-likeness (QED) is 0.763. The molecule has 0 aliphatic carbocycles. The normalized spacial score (nSPS) is 12.0. The van der Waals surface area contributed by atoms with E-state index in [-0.39, 0.29) is 6.61 Å². The topological polar surface area (TPSA) is 42.6 Å². The van der Waals surface area contributed by atoms with Crippen molar-refractivity contribution in [2.24, 2.45) is 5.41 Å². The molecule has 15 heavy (non-hydrogen) atoms. The summed E-state index contributed by atoms with van der Waals surface area (Å²) in [5.74, 6) is 1.36. The van der Waals surface area contributed by atoms with Crippen LogP contribution in [0, 0.1) is 5.41 Å². The first kappa shape index (κ1) is 12.3. The number of rotatable bonds is 5. The zero-order valence-corrected chi connectivity index (χ0v) is 9.75. The first-order chi connectivity index (χ1) is 7.01. The SMILES string of the molecule is CC(C)(C)CCOCc1ccc(CO)o1. The summed E-state index contributed by atoms with van der Waals surface area (Å²) in [4.78, 5) is 0. The predicted octanol–water partition coefficient (Wildman–Crippen LogP) is 2.72. The van der Waals surface area contributed by atoms with E-state index in [9.17, 15) is 0 Å². The molecule has 0 spiro atoms. The average Bonchev–Trinajstić information content (AvgIpc) is 2.59. The van der Waals surface area contributed by atoms with E-state index in [0.717, 1.165) is 18.8 Å². The molecule has 0 aliphatic heterocycles. The van der Waals surface area contributed by atoms with Crippen LogP contribution in [0.1, 0.15) is 38.7 Å². The maximum absolute atomic E-state index is 8.79. The number of hydrogen-bond acceptors (Lipinski definition) is 3. The molecule has 1 heterocycles. The fourth-order valence-electron chi connectivity index (χ4n) is 1.14. The number of hydrogen-bond donors (Lipinski definition) is 1. The van der Waals surface area contributed by atoms with Gasteiger partial charge >= 0.3 is 0 Å². The Morgan fingerprint density at radius 2 is 1.93 bits per heavy atom. The minimum Gasteiger partial charge on any atom is -0.461 e. The average molecular weight is 212 g/mol. The third-order valence-corrected chi connectivity index (χ3v) is 2.11. The number of aliphatic hydroxyl groups is 1. The van der Waals surface area contributed by atoms with Crippen molar-refractivity contribution in [1.29, 1.82) is 0 Å². The van der Waals surface area contributed by atoms with Crippen molar-refractivity contribution in [3.05, 3.63) is 23.7 Å². The van der Waals surface area contributed by atoms with E-state index >= 15 is 0 Å². The highest BCUT2D eigenvalue weighted by Crippen LogP contribution is 2.18. The van der Waals surface area contributed by atoms with E-state index in [1.165, 1.54) is 0 Å². The van der Waals surface area contributed by atoms with E-state index in [2.05, 4.69) is 20.8 Å². The van der Waals surface area contributed by atoms with E-state index < -0.39 is 0 Å². The minimum atomic E-state index is -0.0536. The molecule has 0 saturated heterocycles. The summed E-state index contributed by atoms with van der Waals surface area (Å²) >= 11 is 0. The highest BCUT2D eigenvalue weighted by Gasteiger charge is 2.09. The van der Waals surface area contributed by atoms with Gasteiger partial charge in [-0.15, -0.1) is 0 Å². The fourth-order valence-corrected chi connectivity index (χ4v) is 1.14. The summed E-state index contributed by atoms with van der Waals surface area (Å²) in [5, 5.41) is 8.79. The van der Waals surface area contributed by atoms with Crippen LogP contribution in [0.25, 0.3) is 0 Å². The van der Waals surface area contributed by atoms with Crippen LogP contribution in [-0.2, 0) is 18.0 Å². The lowest BCUT2D eigenvalue weighted by Crippen LogP contribution is -2.09. The van der Waals surface area contributed by atoms with Crippen molar-refractivity contribution in [2.75, 3.05) is 6.61 Å². The van der Waals surface area contributed by atoms with Crippen LogP contribution in [0.5, 0.6) is 0 Å². The lowest BCUT2D eigenvalue weighted by Gasteiger charge is -2.17. The van der Waals surface area contributed by atoms with Gasteiger partial charge in [-0.2, -0.15) is 0 Å². The van der Waals surface area contributed by atoms with Gasteiger partial charge in [-0.3, -0.25) is 0 Å². The van der Waals surface area contributed by atoms with E-state index in [4.69, 9.17) is 14.3 Å². The van der Waals surface area contributed by atoms with E-state index in [1.807, 2.05) is 6.07 Å². The molecule has 1 aromatic heterocycles. The predicted molar refractivity (Wildman–Crippen MR) is 58.4 cm³/mol. The standard InChI is InChI=1S/C12H20O3/c1-12(2,3)6-7-14-9-11-5-4-10(8-13)15-11/h4-5,13H,6-9H2,1-3H3. The van der Waals surface area contributed by atoms with Crippen LogP contribution in [0.4, 0.5) is 0 Å². The summed E-state index contributed by atoms with van der Waals surface area (Å²) in [5.41, 5.74) is 0.305. The van der Waals surface area contributed by atoms with Gasteiger partial charge < -0.3 is 14.3 Å². The van der Waals surface area contributed by atoms with Crippen LogP contribution in [0.3, 0.4) is 0 Å². The van der Waals surface area contributed by atoms with Crippen molar-refractivity contribution < 1.29 is 14.3 Å². The Balaban J connectivity index is 2.20. The van der Waals surface area contributed by atoms with Gasteiger partial charge in [-0.05, 0) is 24.0 Å². The number of furan rings is 1. The number of ether oxygens (including phenoxy) is 1. The van der Waals surface area contributed by atoms with Crippen LogP contribution < -0.4 is 0 Å². The molecule has 86 valence electrons. The Morgan fingerprint density at radius 1 is 1.27 bits per heavy atom. The van der Waals surface area contributed by atoms with Gasteiger partial charge in [0.15, 0.2) is 0 Å². The molecule has 0 unspecified atom stereocenters.